The zero-order valence-electron chi connectivity index (χ0n) is 13.3. The van der Waals surface area contributed by atoms with E-state index in [1.807, 2.05) is 24.3 Å². The van der Waals surface area contributed by atoms with Gasteiger partial charge in [0.15, 0.2) is 10.8 Å². The van der Waals surface area contributed by atoms with Gasteiger partial charge in [0, 0.05) is 10.2 Å². The van der Waals surface area contributed by atoms with Gasteiger partial charge >= 0.3 is 0 Å². The first-order valence-electron chi connectivity index (χ1n) is 7.71. The molecule has 4 rings (SSSR count). The Morgan fingerprint density at radius 1 is 1.12 bits per heavy atom. The molecule has 0 amide bonds. The van der Waals surface area contributed by atoms with Crippen molar-refractivity contribution in [3.8, 4) is 5.69 Å². The van der Waals surface area contributed by atoms with Crippen LogP contribution in [0.4, 0.5) is 4.39 Å². The van der Waals surface area contributed by atoms with Crippen molar-refractivity contribution >= 4 is 38.7 Å². The number of H-pyrrole nitrogens is 1. The minimum atomic E-state index is -0.332. The Balaban J connectivity index is 1.68. The lowest BCUT2D eigenvalue weighted by Crippen LogP contribution is -2.09. The molecule has 0 aliphatic rings. The molecule has 2 aromatic carbocycles. The highest BCUT2D eigenvalue weighted by atomic mass is 79.9. The second-order valence-electron chi connectivity index (χ2n) is 5.56. The molecule has 0 atom stereocenters. The number of fused-ring (bicyclic) bond motifs is 1. The van der Waals surface area contributed by atoms with Gasteiger partial charge in [-0.05, 0) is 42.0 Å². The monoisotopic (exact) mass is 430 g/mol. The number of benzene rings is 2. The van der Waals surface area contributed by atoms with Crippen molar-refractivity contribution < 1.29 is 4.39 Å². The first-order chi connectivity index (χ1) is 12.6. The zero-order chi connectivity index (χ0) is 18.1. The van der Waals surface area contributed by atoms with Gasteiger partial charge in [0.25, 0.3) is 5.56 Å². The van der Waals surface area contributed by atoms with Gasteiger partial charge in [0.05, 0.1) is 11.9 Å². The van der Waals surface area contributed by atoms with Gasteiger partial charge < -0.3 is 4.98 Å². The number of halogens is 2. The maximum Gasteiger partial charge on any atom is 0.262 e. The van der Waals surface area contributed by atoms with Crippen LogP contribution in [0.25, 0.3) is 16.7 Å². The van der Waals surface area contributed by atoms with Gasteiger partial charge in [-0.15, -0.1) is 0 Å². The van der Waals surface area contributed by atoms with Gasteiger partial charge in [0.2, 0.25) is 0 Å². The van der Waals surface area contributed by atoms with Crippen LogP contribution < -0.4 is 5.56 Å². The molecule has 2 heterocycles. The first-order valence-corrected chi connectivity index (χ1v) is 9.49. The number of hydrogen-bond donors (Lipinski definition) is 1. The van der Waals surface area contributed by atoms with E-state index >= 15 is 0 Å². The average Bonchev–Trinajstić information content (AvgIpc) is 3.06. The van der Waals surface area contributed by atoms with E-state index in [1.165, 1.54) is 34.8 Å². The summed E-state index contributed by atoms with van der Waals surface area (Å²) in [6.07, 6.45) is 1.47. The van der Waals surface area contributed by atoms with Crippen molar-refractivity contribution in [3.63, 3.8) is 0 Å². The molecule has 4 aromatic rings. The number of nitrogens with one attached hydrogen (secondary N) is 1. The molecule has 0 saturated carbocycles. The number of aromatic amines is 1. The second-order valence-corrected chi connectivity index (χ2v) is 7.44. The highest BCUT2D eigenvalue weighted by Gasteiger charge is 2.12. The molecule has 0 radical (unpaired) electrons. The molecular formula is C18H12BrFN4OS. The number of hydrogen-bond acceptors (Lipinski definition) is 4. The number of rotatable bonds is 4. The van der Waals surface area contributed by atoms with Crippen molar-refractivity contribution in [3.05, 3.63) is 80.9 Å². The summed E-state index contributed by atoms with van der Waals surface area (Å²) in [6.45, 7) is 0. The fraction of sp³-hybridized carbons (Fsp3) is 0.0556. The smallest absolute Gasteiger partial charge is 0.262 e. The number of thioether (sulfide) groups is 1. The van der Waals surface area contributed by atoms with Gasteiger partial charge in [-0.2, -0.15) is 5.10 Å². The Bertz CT molecular complexity index is 1120. The molecular weight excluding hydrogens is 419 g/mol. The van der Waals surface area contributed by atoms with E-state index in [0.717, 1.165) is 10.0 Å². The normalized spacial score (nSPS) is 11.2. The van der Waals surface area contributed by atoms with Crippen LogP contribution >= 0.6 is 27.7 Å². The van der Waals surface area contributed by atoms with E-state index < -0.39 is 0 Å². The number of aromatic nitrogens is 4. The van der Waals surface area contributed by atoms with Crippen molar-refractivity contribution in [2.24, 2.45) is 0 Å². The summed E-state index contributed by atoms with van der Waals surface area (Å²) in [5.74, 6) is 0.341. The van der Waals surface area contributed by atoms with E-state index in [1.54, 1.807) is 12.1 Å². The Labute approximate surface area is 160 Å². The van der Waals surface area contributed by atoms with E-state index in [0.29, 0.717) is 27.6 Å². The summed E-state index contributed by atoms with van der Waals surface area (Å²) in [5, 5.41) is 5.12. The average molecular weight is 431 g/mol. The standard InChI is InChI=1S/C18H12BrFN4OS/c19-12-3-1-11(2-4-12)10-26-18-22-16-15(17(25)23-18)9-21-24(16)14-7-5-13(20)6-8-14/h1-9H,10H2,(H,22,23,25). The summed E-state index contributed by atoms with van der Waals surface area (Å²) in [5.41, 5.74) is 1.96. The van der Waals surface area contributed by atoms with Gasteiger partial charge in [0.1, 0.15) is 11.2 Å². The van der Waals surface area contributed by atoms with Gasteiger partial charge in [-0.25, -0.2) is 14.1 Å². The maximum absolute atomic E-state index is 13.2. The third-order valence-corrected chi connectivity index (χ3v) is 5.25. The molecule has 5 nitrogen and oxygen atoms in total. The topological polar surface area (TPSA) is 63.6 Å². The highest BCUT2D eigenvalue weighted by molar-refractivity contribution is 9.10. The van der Waals surface area contributed by atoms with E-state index in [2.05, 4.69) is 31.0 Å². The van der Waals surface area contributed by atoms with Crippen LogP contribution in [0.15, 0.2) is 69.2 Å². The summed E-state index contributed by atoms with van der Waals surface area (Å²) < 4.78 is 15.7. The Morgan fingerprint density at radius 3 is 2.58 bits per heavy atom. The van der Waals surface area contributed by atoms with Gasteiger partial charge in [-0.3, -0.25) is 4.79 Å². The summed E-state index contributed by atoms with van der Waals surface area (Å²) >= 11 is 4.84. The van der Waals surface area contributed by atoms with Crippen molar-refractivity contribution in [1.82, 2.24) is 19.7 Å². The third-order valence-electron chi connectivity index (χ3n) is 3.78. The predicted octanol–water partition coefficient (Wildman–Crippen LogP) is 4.30. The fourth-order valence-corrected chi connectivity index (χ4v) is 3.55. The molecule has 0 aliphatic heterocycles. The third kappa shape index (κ3) is 3.42. The van der Waals surface area contributed by atoms with Crippen LogP contribution in [0.5, 0.6) is 0 Å². The molecule has 130 valence electrons. The summed E-state index contributed by atoms with van der Waals surface area (Å²) in [4.78, 5) is 19.6. The molecule has 2 aromatic heterocycles. The van der Waals surface area contributed by atoms with E-state index in [-0.39, 0.29) is 11.4 Å². The van der Waals surface area contributed by atoms with Crippen LogP contribution in [0.3, 0.4) is 0 Å². The van der Waals surface area contributed by atoms with Crippen molar-refractivity contribution in [2.45, 2.75) is 10.9 Å². The predicted molar refractivity (Wildman–Crippen MR) is 103 cm³/mol. The zero-order valence-corrected chi connectivity index (χ0v) is 15.7. The molecule has 0 aliphatic carbocycles. The van der Waals surface area contributed by atoms with Crippen molar-refractivity contribution in [2.75, 3.05) is 0 Å². The minimum Gasteiger partial charge on any atom is -0.301 e. The number of nitrogens with zero attached hydrogens (tertiary/aromatic N) is 3. The maximum atomic E-state index is 13.2. The lowest BCUT2D eigenvalue weighted by molar-refractivity contribution is 0.627. The molecule has 8 heteroatoms. The molecule has 0 fully saturated rings. The van der Waals surface area contributed by atoms with Crippen molar-refractivity contribution in [1.29, 1.82) is 0 Å². The molecule has 26 heavy (non-hydrogen) atoms. The minimum absolute atomic E-state index is 0.248. The lowest BCUT2D eigenvalue weighted by atomic mass is 10.2. The largest absolute Gasteiger partial charge is 0.301 e. The van der Waals surface area contributed by atoms with Crippen LogP contribution in [0.2, 0.25) is 0 Å². The molecule has 0 unspecified atom stereocenters. The Kier molecular flexibility index (Phi) is 4.60. The molecule has 0 saturated heterocycles. The fourth-order valence-electron chi connectivity index (χ4n) is 2.47. The highest BCUT2D eigenvalue weighted by Crippen LogP contribution is 2.22. The summed E-state index contributed by atoms with van der Waals surface area (Å²) in [7, 11) is 0. The van der Waals surface area contributed by atoms with Gasteiger partial charge in [-0.1, -0.05) is 39.8 Å². The first kappa shape index (κ1) is 17.0. The molecule has 0 bridgehead atoms. The Hall–Kier alpha value is -2.45. The lowest BCUT2D eigenvalue weighted by Gasteiger charge is -2.05. The molecule has 1 N–H and O–H groups in total. The quantitative estimate of drug-likeness (QED) is 0.387. The van der Waals surface area contributed by atoms with Crippen LogP contribution in [-0.4, -0.2) is 19.7 Å². The van der Waals surface area contributed by atoms with E-state index in [4.69, 9.17) is 0 Å². The Morgan fingerprint density at radius 2 is 1.85 bits per heavy atom. The van der Waals surface area contributed by atoms with E-state index in [9.17, 15) is 9.18 Å². The second kappa shape index (κ2) is 7.05. The van der Waals surface area contributed by atoms with Crippen LogP contribution in [0, 0.1) is 5.82 Å². The molecule has 0 spiro atoms. The van der Waals surface area contributed by atoms with Crippen LogP contribution in [-0.2, 0) is 5.75 Å². The SMILES string of the molecule is O=c1[nH]c(SCc2ccc(Br)cc2)nc2c1cnn2-c1ccc(F)cc1. The summed E-state index contributed by atoms with van der Waals surface area (Å²) in [6, 6.07) is 13.8. The van der Waals surface area contributed by atoms with Crippen LogP contribution in [0.1, 0.15) is 5.56 Å².